The predicted molar refractivity (Wildman–Crippen MR) is 114 cm³/mol. The number of benzene rings is 2. The first kappa shape index (κ1) is 20.8. The zero-order valence-electron chi connectivity index (χ0n) is 16.2. The Labute approximate surface area is 172 Å². The predicted octanol–water partition coefficient (Wildman–Crippen LogP) is 4.51. The number of rotatable bonds is 7. The number of thioether (sulfide) groups is 1. The molecular formula is C22H22FN3O2S. The van der Waals surface area contributed by atoms with Crippen molar-refractivity contribution in [2.45, 2.75) is 37.1 Å². The molecule has 150 valence electrons. The van der Waals surface area contributed by atoms with E-state index in [9.17, 15) is 14.0 Å². The zero-order chi connectivity index (χ0) is 20.8. The van der Waals surface area contributed by atoms with Crippen molar-refractivity contribution >= 4 is 23.4 Å². The van der Waals surface area contributed by atoms with Crippen molar-refractivity contribution in [1.82, 2.24) is 9.97 Å². The second-order valence-corrected chi connectivity index (χ2v) is 7.89. The first-order valence-electron chi connectivity index (χ1n) is 9.27. The van der Waals surface area contributed by atoms with E-state index in [-0.39, 0.29) is 29.6 Å². The highest BCUT2D eigenvalue weighted by molar-refractivity contribution is 7.98. The minimum absolute atomic E-state index is 0.000454. The van der Waals surface area contributed by atoms with Gasteiger partial charge in [-0.3, -0.25) is 9.59 Å². The quantitative estimate of drug-likeness (QED) is 0.443. The van der Waals surface area contributed by atoms with Gasteiger partial charge in [0.15, 0.2) is 5.16 Å². The molecule has 0 aliphatic carbocycles. The van der Waals surface area contributed by atoms with Crippen LogP contribution in [0.2, 0.25) is 0 Å². The van der Waals surface area contributed by atoms with Gasteiger partial charge in [0, 0.05) is 17.5 Å². The van der Waals surface area contributed by atoms with Gasteiger partial charge in [-0.2, -0.15) is 0 Å². The second-order valence-electron chi connectivity index (χ2n) is 6.92. The number of halogens is 1. The lowest BCUT2D eigenvalue weighted by atomic mass is 10.0. The molecule has 2 N–H and O–H groups in total. The van der Waals surface area contributed by atoms with Crippen molar-refractivity contribution < 1.29 is 9.18 Å². The van der Waals surface area contributed by atoms with Crippen LogP contribution in [0.15, 0.2) is 64.5 Å². The van der Waals surface area contributed by atoms with Crippen molar-refractivity contribution in [3.05, 3.63) is 87.6 Å². The molecule has 0 saturated heterocycles. The fourth-order valence-corrected chi connectivity index (χ4v) is 3.70. The van der Waals surface area contributed by atoms with Gasteiger partial charge in [0.25, 0.3) is 5.56 Å². The SMILES string of the molecule is CC(C)c1ccccc1NC(=O)Cc1cc(=O)[nH]c(SCc2ccc(F)cc2)n1. The summed E-state index contributed by atoms with van der Waals surface area (Å²) >= 11 is 1.32. The summed E-state index contributed by atoms with van der Waals surface area (Å²) in [6.07, 6.45) is 0.000454. The third kappa shape index (κ3) is 6.02. The smallest absolute Gasteiger partial charge is 0.251 e. The number of H-pyrrole nitrogens is 1. The molecule has 0 spiro atoms. The molecule has 0 radical (unpaired) electrons. The van der Waals surface area contributed by atoms with Crippen molar-refractivity contribution in [1.29, 1.82) is 0 Å². The minimum atomic E-state index is -0.313. The lowest BCUT2D eigenvalue weighted by molar-refractivity contribution is -0.115. The fourth-order valence-electron chi connectivity index (χ4n) is 2.85. The molecule has 0 unspecified atom stereocenters. The van der Waals surface area contributed by atoms with Crippen molar-refractivity contribution in [2.75, 3.05) is 5.32 Å². The molecule has 0 aliphatic rings. The first-order valence-corrected chi connectivity index (χ1v) is 10.3. The van der Waals surface area contributed by atoms with Gasteiger partial charge in [0.05, 0.1) is 12.1 Å². The van der Waals surface area contributed by atoms with E-state index >= 15 is 0 Å². The number of nitrogens with zero attached hydrogens (tertiary/aromatic N) is 1. The zero-order valence-corrected chi connectivity index (χ0v) is 17.1. The standard InChI is InChI=1S/C22H22FN3O2S/c1-14(2)18-5-3-4-6-19(18)25-20(27)11-17-12-21(28)26-22(24-17)29-13-15-7-9-16(23)10-8-15/h3-10,12,14H,11,13H2,1-2H3,(H,25,27)(H,24,26,28). The van der Waals surface area contributed by atoms with E-state index in [2.05, 4.69) is 29.1 Å². The number of amides is 1. The van der Waals surface area contributed by atoms with Crippen LogP contribution >= 0.6 is 11.8 Å². The van der Waals surface area contributed by atoms with E-state index in [1.165, 1.54) is 30.0 Å². The lowest BCUT2D eigenvalue weighted by Crippen LogP contribution is -2.19. The lowest BCUT2D eigenvalue weighted by Gasteiger charge is -2.13. The van der Waals surface area contributed by atoms with Crippen LogP contribution < -0.4 is 10.9 Å². The third-order valence-electron chi connectivity index (χ3n) is 4.26. The van der Waals surface area contributed by atoms with Gasteiger partial charge in [-0.1, -0.05) is 55.9 Å². The van der Waals surface area contributed by atoms with Gasteiger partial charge in [0.1, 0.15) is 5.82 Å². The van der Waals surface area contributed by atoms with E-state index < -0.39 is 0 Å². The molecule has 0 fully saturated rings. The maximum Gasteiger partial charge on any atom is 0.251 e. The summed E-state index contributed by atoms with van der Waals surface area (Å²) < 4.78 is 13.0. The highest BCUT2D eigenvalue weighted by Crippen LogP contribution is 2.24. The average molecular weight is 412 g/mol. The highest BCUT2D eigenvalue weighted by Gasteiger charge is 2.12. The van der Waals surface area contributed by atoms with Crippen LogP contribution in [0.1, 0.15) is 36.6 Å². The van der Waals surface area contributed by atoms with Gasteiger partial charge in [0.2, 0.25) is 5.91 Å². The number of carbonyl (C=O) groups is 1. The maximum absolute atomic E-state index is 13.0. The molecular weight excluding hydrogens is 389 g/mol. The maximum atomic E-state index is 13.0. The Hall–Kier alpha value is -2.93. The first-order chi connectivity index (χ1) is 13.9. The van der Waals surface area contributed by atoms with Gasteiger partial charge >= 0.3 is 0 Å². The molecule has 0 bridgehead atoms. The molecule has 1 amide bonds. The van der Waals surface area contributed by atoms with Gasteiger partial charge < -0.3 is 10.3 Å². The monoisotopic (exact) mass is 411 g/mol. The summed E-state index contributed by atoms with van der Waals surface area (Å²) in [4.78, 5) is 31.5. The van der Waals surface area contributed by atoms with E-state index in [0.29, 0.717) is 16.6 Å². The van der Waals surface area contributed by atoms with E-state index in [0.717, 1.165) is 16.8 Å². The molecule has 7 heteroatoms. The summed E-state index contributed by atoms with van der Waals surface area (Å²) in [5.41, 5.74) is 2.81. The Morgan fingerprint density at radius 3 is 2.62 bits per heavy atom. The number of hydrogen-bond donors (Lipinski definition) is 2. The molecule has 29 heavy (non-hydrogen) atoms. The Morgan fingerprint density at radius 2 is 1.90 bits per heavy atom. The number of aromatic nitrogens is 2. The number of carbonyl (C=O) groups excluding carboxylic acids is 1. The number of para-hydroxylation sites is 1. The van der Waals surface area contributed by atoms with Gasteiger partial charge in [-0.15, -0.1) is 0 Å². The molecule has 3 aromatic rings. The molecule has 1 aromatic heterocycles. The Balaban J connectivity index is 1.67. The Kier molecular flexibility index (Phi) is 6.82. The van der Waals surface area contributed by atoms with Crippen molar-refractivity contribution in [2.24, 2.45) is 0 Å². The molecule has 0 saturated carbocycles. The van der Waals surface area contributed by atoms with Gasteiger partial charge in [-0.05, 0) is 35.2 Å². The summed E-state index contributed by atoms with van der Waals surface area (Å²) in [6, 6.07) is 15.1. The fraction of sp³-hybridized carbons (Fsp3) is 0.227. The van der Waals surface area contributed by atoms with Crippen LogP contribution in [0.3, 0.4) is 0 Å². The summed E-state index contributed by atoms with van der Waals surface area (Å²) in [5.74, 6) is 0.280. The minimum Gasteiger partial charge on any atom is -0.325 e. The van der Waals surface area contributed by atoms with E-state index in [4.69, 9.17) is 0 Å². The molecule has 5 nitrogen and oxygen atoms in total. The van der Waals surface area contributed by atoms with Crippen LogP contribution in [0.4, 0.5) is 10.1 Å². The van der Waals surface area contributed by atoms with Crippen molar-refractivity contribution in [3.8, 4) is 0 Å². The number of anilines is 1. The molecule has 0 aliphatic heterocycles. The Bertz CT molecular complexity index is 1050. The second kappa shape index (κ2) is 9.52. The Morgan fingerprint density at radius 1 is 1.17 bits per heavy atom. The van der Waals surface area contributed by atoms with Crippen LogP contribution in [0, 0.1) is 5.82 Å². The van der Waals surface area contributed by atoms with Crippen LogP contribution in [0.25, 0.3) is 0 Å². The normalized spacial score (nSPS) is 10.9. The van der Waals surface area contributed by atoms with E-state index in [1.807, 2.05) is 24.3 Å². The molecule has 1 heterocycles. The highest BCUT2D eigenvalue weighted by atomic mass is 32.2. The molecule has 0 atom stereocenters. The van der Waals surface area contributed by atoms with E-state index in [1.54, 1.807) is 12.1 Å². The summed E-state index contributed by atoms with van der Waals surface area (Å²) in [7, 11) is 0. The number of nitrogens with one attached hydrogen (secondary N) is 2. The number of aromatic amines is 1. The van der Waals surface area contributed by atoms with Crippen molar-refractivity contribution in [3.63, 3.8) is 0 Å². The third-order valence-corrected chi connectivity index (χ3v) is 5.20. The van der Waals surface area contributed by atoms with Crippen LogP contribution in [-0.2, 0) is 17.0 Å². The summed E-state index contributed by atoms with van der Waals surface area (Å²) in [6.45, 7) is 4.13. The largest absolute Gasteiger partial charge is 0.325 e. The van der Waals surface area contributed by atoms with Crippen LogP contribution in [-0.4, -0.2) is 15.9 Å². The number of hydrogen-bond acceptors (Lipinski definition) is 4. The topological polar surface area (TPSA) is 74.8 Å². The van der Waals surface area contributed by atoms with Gasteiger partial charge in [-0.25, -0.2) is 9.37 Å². The molecule has 2 aromatic carbocycles. The summed E-state index contributed by atoms with van der Waals surface area (Å²) in [5, 5.41) is 3.33. The van der Waals surface area contributed by atoms with Crippen LogP contribution in [0.5, 0.6) is 0 Å². The molecule has 3 rings (SSSR count). The average Bonchev–Trinajstić information content (AvgIpc) is 2.67.